The van der Waals surface area contributed by atoms with E-state index in [1.807, 2.05) is 0 Å². The van der Waals surface area contributed by atoms with Gasteiger partial charge in [-0.05, 0) is 0 Å². The molecule has 0 spiro atoms. The Morgan fingerprint density at radius 1 is 1.20 bits per heavy atom. The normalized spacial score (nSPS) is 14.4. The van der Waals surface area contributed by atoms with Gasteiger partial charge in [0.15, 0.2) is 0 Å². The highest BCUT2D eigenvalue weighted by Crippen LogP contribution is 2.07. The number of hydrogen-bond donors (Lipinski definition) is 4. The summed E-state index contributed by atoms with van der Waals surface area (Å²) in [6.45, 7) is 2.67. The van der Waals surface area contributed by atoms with Crippen LogP contribution >= 0.6 is 0 Å². The third-order valence-corrected chi connectivity index (χ3v) is 1.69. The Balaban J connectivity index is 4.03. The molecular formula is C9H16O6. The van der Waals surface area contributed by atoms with Crippen molar-refractivity contribution in [2.45, 2.75) is 25.2 Å². The van der Waals surface area contributed by atoms with Crippen LogP contribution in [0.4, 0.5) is 0 Å². The van der Waals surface area contributed by atoms with E-state index < -0.39 is 18.4 Å². The van der Waals surface area contributed by atoms with Crippen molar-refractivity contribution >= 4 is 5.97 Å². The van der Waals surface area contributed by atoms with Gasteiger partial charge in [0.25, 0.3) is 0 Å². The molecule has 0 saturated carbocycles. The van der Waals surface area contributed by atoms with Gasteiger partial charge in [0, 0.05) is 26.1 Å². The number of carbonyl (C=O) groups is 1. The summed E-state index contributed by atoms with van der Waals surface area (Å²) in [5, 5.41) is 35.2. The molecule has 0 amide bonds. The highest BCUT2D eigenvalue weighted by atomic mass is 16.6. The summed E-state index contributed by atoms with van der Waals surface area (Å²) in [6.07, 6.45) is -2.73. The predicted molar refractivity (Wildman–Crippen MR) is 50.7 cm³/mol. The van der Waals surface area contributed by atoms with Crippen molar-refractivity contribution < 1.29 is 30.0 Å². The van der Waals surface area contributed by atoms with E-state index in [0.717, 1.165) is 0 Å². The molecule has 0 heterocycles. The summed E-state index contributed by atoms with van der Waals surface area (Å²) >= 11 is 0. The molecule has 0 aliphatic heterocycles. The van der Waals surface area contributed by atoms with Gasteiger partial charge in [0.2, 0.25) is 6.29 Å². The molecule has 0 rings (SSSR count). The summed E-state index contributed by atoms with van der Waals surface area (Å²) in [7, 11) is 0. The van der Waals surface area contributed by atoms with Crippen molar-refractivity contribution in [3.05, 3.63) is 12.2 Å². The molecule has 88 valence electrons. The predicted octanol–water partition coefficient (Wildman–Crippen LogP) is -1.47. The molecule has 6 heteroatoms. The monoisotopic (exact) mass is 220 g/mol. The van der Waals surface area contributed by atoms with Gasteiger partial charge in [0.05, 0.1) is 11.7 Å². The number of carbonyl (C=O) groups excluding carboxylic acids is 1. The minimum Gasteiger partial charge on any atom is -0.432 e. The standard InChI is InChI=1S/C9H16O6/c1-6(7(12)2-4-10)9(14)15-8(13)3-5-11/h7-8,10-13H,1-5H2. The molecule has 0 radical (unpaired) electrons. The van der Waals surface area contributed by atoms with Crippen LogP contribution in [0.3, 0.4) is 0 Å². The van der Waals surface area contributed by atoms with E-state index in [1.165, 1.54) is 0 Å². The molecule has 0 bridgehead atoms. The first kappa shape index (κ1) is 14.1. The Labute approximate surface area is 87.4 Å². The van der Waals surface area contributed by atoms with E-state index in [4.69, 9.17) is 15.3 Å². The molecule has 2 unspecified atom stereocenters. The van der Waals surface area contributed by atoms with Gasteiger partial charge in [-0.15, -0.1) is 0 Å². The van der Waals surface area contributed by atoms with Gasteiger partial charge in [-0.1, -0.05) is 6.58 Å². The van der Waals surface area contributed by atoms with Crippen LogP contribution in [-0.4, -0.2) is 52.0 Å². The molecular weight excluding hydrogens is 204 g/mol. The summed E-state index contributed by atoms with van der Waals surface area (Å²) in [5.74, 6) is -0.947. The average Bonchev–Trinajstić information content (AvgIpc) is 2.17. The smallest absolute Gasteiger partial charge is 0.338 e. The zero-order valence-electron chi connectivity index (χ0n) is 8.30. The van der Waals surface area contributed by atoms with E-state index in [1.54, 1.807) is 0 Å². The van der Waals surface area contributed by atoms with E-state index >= 15 is 0 Å². The van der Waals surface area contributed by atoms with E-state index in [-0.39, 0.29) is 31.6 Å². The van der Waals surface area contributed by atoms with Gasteiger partial charge in [-0.2, -0.15) is 0 Å². The quantitative estimate of drug-likeness (QED) is 0.237. The van der Waals surface area contributed by atoms with Crippen LogP contribution in [0, 0.1) is 0 Å². The van der Waals surface area contributed by atoms with Crippen molar-refractivity contribution in [1.29, 1.82) is 0 Å². The van der Waals surface area contributed by atoms with Crippen LogP contribution in [0.15, 0.2) is 12.2 Å². The maximum absolute atomic E-state index is 11.1. The van der Waals surface area contributed by atoms with Gasteiger partial charge < -0.3 is 25.2 Å². The van der Waals surface area contributed by atoms with Crippen LogP contribution in [-0.2, 0) is 9.53 Å². The van der Waals surface area contributed by atoms with Crippen molar-refractivity contribution in [3.63, 3.8) is 0 Å². The van der Waals surface area contributed by atoms with Crippen LogP contribution in [0.1, 0.15) is 12.8 Å². The summed E-state index contributed by atoms with van der Waals surface area (Å²) < 4.78 is 4.44. The Bertz CT molecular complexity index is 215. The molecule has 0 aromatic carbocycles. The molecule has 0 aliphatic rings. The van der Waals surface area contributed by atoms with Gasteiger partial charge >= 0.3 is 5.97 Å². The Morgan fingerprint density at radius 3 is 2.20 bits per heavy atom. The lowest BCUT2D eigenvalue weighted by atomic mass is 10.1. The molecule has 0 aromatic rings. The number of hydrogen-bond acceptors (Lipinski definition) is 6. The topological polar surface area (TPSA) is 107 Å². The highest BCUT2D eigenvalue weighted by molar-refractivity contribution is 5.88. The fourth-order valence-electron chi connectivity index (χ4n) is 0.801. The highest BCUT2D eigenvalue weighted by Gasteiger charge is 2.19. The Hall–Kier alpha value is -0.950. The third-order valence-electron chi connectivity index (χ3n) is 1.69. The Morgan fingerprint density at radius 2 is 1.73 bits per heavy atom. The van der Waals surface area contributed by atoms with E-state index in [2.05, 4.69) is 11.3 Å². The maximum Gasteiger partial charge on any atom is 0.338 e. The summed E-state index contributed by atoms with van der Waals surface area (Å²) in [5.41, 5.74) is -0.235. The molecule has 0 fully saturated rings. The zero-order valence-corrected chi connectivity index (χ0v) is 8.30. The molecule has 0 aromatic heterocycles. The Kier molecular flexibility index (Phi) is 6.89. The lowest BCUT2D eigenvalue weighted by Gasteiger charge is -2.14. The largest absolute Gasteiger partial charge is 0.432 e. The second-order valence-corrected chi connectivity index (χ2v) is 2.93. The summed E-state index contributed by atoms with van der Waals surface area (Å²) in [6, 6.07) is 0. The molecule has 6 nitrogen and oxygen atoms in total. The van der Waals surface area contributed by atoms with Crippen LogP contribution in [0.2, 0.25) is 0 Å². The fraction of sp³-hybridized carbons (Fsp3) is 0.667. The molecule has 2 atom stereocenters. The van der Waals surface area contributed by atoms with Gasteiger partial charge in [-0.3, -0.25) is 0 Å². The average molecular weight is 220 g/mol. The fourth-order valence-corrected chi connectivity index (χ4v) is 0.801. The number of rotatable bonds is 7. The lowest BCUT2D eigenvalue weighted by Crippen LogP contribution is -2.25. The van der Waals surface area contributed by atoms with Crippen LogP contribution in [0.25, 0.3) is 0 Å². The minimum atomic E-state index is -1.42. The number of aliphatic hydroxyl groups is 4. The second-order valence-electron chi connectivity index (χ2n) is 2.93. The third kappa shape index (κ3) is 5.48. The molecule has 0 saturated heterocycles. The van der Waals surface area contributed by atoms with Crippen LogP contribution in [0.5, 0.6) is 0 Å². The first-order valence-corrected chi connectivity index (χ1v) is 4.50. The molecule has 15 heavy (non-hydrogen) atoms. The number of esters is 1. The van der Waals surface area contributed by atoms with Crippen molar-refractivity contribution in [2.24, 2.45) is 0 Å². The molecule has 4 N–H and O–H groups in total. The first-order chi connectivity index (χ1) is 7.02. The first-order valence-electron chi connectivity index (χ1n) is 4.50. The van der Waals surface area contributed by atoms with E-state index in [9.17, 15) is 9.90 Å². The van der Waals surface area contributed by atoms with Gasteiger partial charge in [-0.25, -0.2) is 4.79 Å². The number of ether oxygens (including phenoxy) is 1. The van der Waals surface area contributed by atoms with Crippen molar-refractivity contribution in [1.82, 2.24) is 0 Å². The maximum atomic E-state index is 11.1. The SMILES string of the molecule is C=C(C(=O)OC(O)CCO)C(O)CCO. The minimum absolute atomic E-state index is 0.0238. The summed E-state index contributed by atoms with van der Waals surface area (Å²) in [4.78, 5) is 11.1. The zero-order chi connectivity index (χ0) is 11.8. The van der Waals surface area contributed by atoms with E-state index in [0.29, 0.717) is 0 Å². The number of aliphatic hydroxyl groups excluding tert-OH is 4. The second kappa shape index (κ2) is 7.36. The van der Waals surface area contributed by atoms with Gasteiger partial charge in [0.1, 0.15) is 0 Å². The molecule has 0 aliphatic carbocycles. The van der Waals surface area contributed by atoms with Crippen LogP contribution < -0.4 is 0 Å². The van der Waals surface area contributed by atoms with Crippen molar-refractivity contribution in [3.8, 4) is 0 Å². The van der Waals surface area contributed by atoms with Crippen molar-refractivity contribution in [2.75, 3.05) is 13.2 Å². The lowest BCUT2D eigenvalue weighted by molar-refractivity contribution is -0.165.